The summed E-state index contributed by atoms with van der Waals surface area (Å²) in [6.45, 7) is 5.52. The molecule has 0 aromatic heterocycles. The standard InChI is InChI=1S/C14H19NO2/c1-10(2)14(12-7-5-4-6-8-12)15-13(17)9-11(3)16/h4-8,10,14H,9H2,1-3H3,(H,15,17). The van der Waals surface area contributed by atoms with Crippen LogP contribution in [0.4, 0.5) is 0 Å². The Kier molecular flexibility index (Phi) is 4.88. The van der Waals surface area contributed by atoms with E-state index in [0.717, 1.165) is 5.56 Å². The van der Waals surface area contributed by atoms with Crippen LogP contribution in [0.1, 0.15) is 38.8 Å². The van der Waals surface area contributed by atoms with Gasteiger partial charge >= 0.3 is 0 Å². The van der Waals surface area contributed by atoms with Crippen LogP contribution in [0.5, 0.6) is 0 Å². The molecule has 0 spiro atoms. The summed E-state index contributed by atoms with van der Waals surface area (Å²) in [6.07, 6.45) is -0.0456. The fraction of sp³-hybridized carbons (Fsp3) is 0.429. The summed E-state index contributed by atoms with van der Waals surface area (Å²) in [5.74, 6) is -0.0357. The maximum Gasteiger partial charge on any atom is 0.227 e. The van der Waals surface area contributed by atoms with Crippen LogP contribution in [-0.2, 0) is 9.59 Å². The molecule has 1 N–H and O–H groups in total. The van der Waals surface area contributed by atoms with E-state index >= 15 is 0 Å². The van der Waals surface area contributed by atoms with Crippen molar-refractivity contribution in [2.45, 2.75) is 33.2 Å². The fourth-order valence-electron chi connectivity index (χ4n) is 1.75. The van der Waals surface area contributed by atoms with Gasteiger partial charge in [0.05, 0.1) is 12.5 Å². The van der Waals surface area contributed by atoms with E-state index in [1.165, 1.54) is 6.92 Å². The second-order valence-electron chi connectivity index (χ2n) is 4.58. The highest BCUT2D eigenvalue weighted by Crippen LogP contribution is 2.21. The lowest BCUT2D eigenvalue weighted by Gasteiger charge is -2.22. The summed E-state index contributed by atoms with van der Waals surface area (Å²) in [4.78, 5) is 22.5. The average molecular weight is 233 g/mol. The van der Waals surface area contributed by atoms with Crippen molar-refractivity contribution in [2.24, 2.45) is 5.92 Å². The van der Waals surface area contributed by atoms with Crippen LogP contribution in [0, 0.1) is 5.92 Å². The molecular weight excluding hydrogens is 214 g/mol. The Balaban J connectivity index is 2.75. The first-order chi connectivity index (χ1) is 8.00. The molecule has 1 unspecified atom stereocenters. The molecule has 0 aliphatic carbocycles. The molecule has 1 rings (SSSR count). The molecular formula is C14H19NO2. The van der Waals surface area contributed by atoms with E-state index in [9.17, 15) is 9.59 Å². The van der Waals surface area contributed by atoms with E-state index in [1.807, 2.05) is 44.2 Å². The minimum Gasteiger partial charge on any atom is -0.349 e. The number of Topliss-reactive ketones (excluding diaryl/α,β-unsaturated/α-hetero) is 1. The molecule has 0 saturated heterocycles. The number of hydrogen-bond acceptors (Lipinski definition) is 2. The van der Waals surface area contributed by atoms with E-state index in [4.69, 9.17) is 0 Å². The van der Waals surface area contributed by atoms with Crippen molar-refractivity contribution in [1.29, 1.82) is 0 Å². The maximum absolute atomic E-state index is 11.6. The molecule has 0 heterocycles. The van der Waals surface area contributed by atoms with Crippen molar-refractivity contribution in [2.75, 3.05) is 0 Å². The first-order valence-corrected chi connectivity index (χ1v) is 5.84. The van der Waals surface area contributed by atoms with Crippen LogP contribution in [0.25, 0.3) is 0 Å². The zero-order chi connectivity index (χ0) is 12.8. The molecule has 1 atom stereocenters. The summed E-state index contributed by atoms with van der Waals surface area (Å²) < 4.78 is 0. The zero-order valence-corrected chi connectivity index (χ0v) is 10.6. The van der Waals surface area contributed by atoms with Gasteiger partial charge in [0, 0.05) is 0 Å². The number of nitrogens with one attached hydrogen (secondary N) is 1. The Labute approximate surface area is 102 Å². The lowest BCUT2D eigenvalue weighted by atomic mass is 9.96. The fourth-order valence-corrected chi connectivity index (χ4v) is 1.75. The molecule has 3 nitrogen and oxygen atoms in total. The molecule has 0 aliphatic heterocycles. The van der Waals surface area contributed by atoms with Crippen LogP contribution < -0.4 is 5.32 Å². The van der Waals surface area contributed by atoms with Gasteiger partial charge in [-0.15, -0.1) is 0 Å². The monoisotopic (exact) mass is 233 g/mol. The molecule has 1 aromatic carbocycles. The van der Waals surface area contributed by atoms with Crippen molar-refractivity contribution >= 4 is 11.7 Å². The average Bonchev–Trinajstić information content (AvgIpc) is 2.25. The Hall–Kier alpha value is -1.64. The van der Waals surface area contributed by atoms with Gasteiger partial charge in [0.15, 0.2) is 0 Å². The van der Waals surface area contributed by atoms with Crippen LogP contribution >= 0.6 is 0 Å². The number of rotatable bonds is 5. The van der Waals surface area contributed by atoms with Gasteiger partial charge in [0.2, 0.25) is 5.91 Å². The van der Waals surface area contributed by atoms with Gasteiger partial charge in [-0.3, -0.25) is 9.59 Å². The van der Waals surface area contributed by atoms with E-state index in [2.05, 4.69) is 5.32 Å². The van der Waals surface area contributed by atoms with Crippen molar-refractivity contribution in [3.63, 3.8) is 0 Å². The molecule has 0 radical (unpaired) electrons. The topological polar surface area (TPSA) is 46.2 Å². The highest BCUT2D eigenvalue weighted by Gasteiger charge is 2.18. The maximum atomic E-state index is 11.6. The van der Waals surface area contributed by atoms with Gasteiger partial charge < -0.3 is 5.32 Å². The van der Waals surface area contributed by atoms with Crippen LogP contribution in [0.3, 0.4) is 0 Å². The Morgan fingerprint density at radius 3 is 2.24 bits per heavy atom. The van der Waals surface area contributed by atoms with Crippen molar-refractivity contribution in [3.8, 4) is 0 Å². The molecule has 0 aliphatic rings. The van der Waals surface area contributed by atoms with Gasteiger partial charge in [0.25, 0.3) is 0 Å². The van der Waals surface area contributed by atoms with Gasteiger partial charge in [-0.1, -0.05) is 44.2 Å². The molecule has 1 aromatic rings. The normalized spacial score (nSPS) is 12.2. The third-order valence-electron chi connectivity index (χ3n) is 2.55. The SMILES string of the molecule is CC(=O)CC(=O)NC(c1ccccc1)C(C)C. The molecule has 0 bridgehead atoms. The number of hydrogen-bond donors (Lipinski definition) is 1. The first-order valence-electron chi connectivity index (χ1n) is 5.84. The highest BCUT2D eigenvalue weighted by atomic mass is 16.2. The predicted molar refractivity (Wildman–Crippen MR) is 67.5 cm³/mol. The van der Waals surface area contributed by atoms with Gasteiger partial charge in [-0.2, -0.15) is 0 Å². The summed E-state index contributed by atoms with van der Waals surface area (Å²) in [7, 11) is 0. The van der Waals surface area contributed by atoms with E-state index in [1.54, 1.807) is 0 Å². The number of carbonyl (C=O) groups excluding carboxylic acids is 2. The van der Waals surface area contributed by atoms with Gasteiger partial charge in [-0.05, 0) is 18.4 Å². The molecule has 92 valence electrons. The Bertz CT molecular complexity index is 384. The van der Waals surface area contributed by atoms with Crippen LogP contribution in [0.15, 0.2) is 30.3 Å². The highest BCUT2D eigenvalue weighted by molar-refractivity contribution is 5.96. The molecule has 17 heavy (non-hydrogen) atoms. The van der Waals surface area contributed by atoms with Crippen molar-refractivity contribution < 1.29 is 9.59 Å². The van der Waals surface area contributed by atoms with Crippen molar-refractivity contribution in [3.05, 3.63) is 35.9 Å². The summed E-state index contributed by atoms with van der Waals surface area (Å²) in [6, 6.07) is 9.77. The number of benzene rings is 1. The molecule has 0 fully saturated rings. The minimum absolute atomic E-state index is 0.0388. The summed E-state index contributed by atoms with van der Waals surface area (Å²) in [5.41, 5.74) is 1.07. The number of ketones is 1. The predicted octanol–water partition coefficient (Wildman–Crippen LogP) is 2.48. The third-order valence-corrected chi connectivity index (χ3v) is 2.55. The second kappa shape index (κ2) is 6.18. The van der Waals surface area contributed by atoms with Gasteiger partial charge in [-0.25, -0.2) is 0 Å². The van der Waals surface area contributed by atoms with E-state index < -0.39 is 0 Å². The minimum atomic E-state index is -0.208. The smallest absolute Gasteiger partial charge is 0.227 e. The Morgan fingerprint density at radius 2 is 1.76 bits per heavy atom. The number of amides is 1. The number of carbonyl (C=O) groups is 2. The lowest BCUT2D eigenvalue weighted by Crippen LogP contribution is -2.32. The lowest BCUT2D eigenvalue weighted by molar-refractivity contribution is -0.127. The van der Waals surface area contributed by atoms with E-state index in [0.29, 0.717) is 0 Å². The molecule has 3 heteroatoms. The largest absolute Gasteiger partial charge is 0.349 e. The summed E-state index contributed by atoms with van der Waals surface area (Å²) >= 11 is 0. The third kappa shape index (κ3) is 4.39. The first kappa shape index (κ1) is 13.4. The molecule has 1 amide bonds. The van der Waals surface area contributed by atoms with Gasteiger partial charge in [0.1, 0.15) is 5.78 Å². The summed E-state index contributed by atoms with van der Waals surface area (Å²) in [5, 5.41) is 2.90. The van der Waals surface area contributed by atoms with Crippen LogP contribution in [0.2, 0.25) is 0 Å². The molecule has 0 saturated carbocycles. The zero-order valence-electron chi connectivity index (χ0n) is 10.6. The Morgan fingerprint density at radius 1 is 1.18 bits per heavy atom. The quantitative estimate of drug-likeness (QED) is 0.794. The van der Waals surface area contributed by atoms with Crippen molar-refractivity contribution in [1.82, 2.24) is 5.32 Å². The second-order valence-corrected chi connectivity index (χ2v) is 4.58. The van der Waals surface area contributed by atoms with E-state index in [-0.39, 0.29) is 30.1 Å². The van der Waals surface area contributed by atoms with Crippen LogP contribution in [-0.4, -0.2) is 11.7 Å².